The van der Waals surface area contributed by atoms with E-state index in [9.17, 15) is 8.78 Å². The molecule has 2 nitrogen and oxygen atoms in total. The summed E-state index contributed by atoms with van der Waals surface area (Å²) in [6.45, 7) is 5.35. The maximum absolute atomic E-state index is 13.8. The van der Waals surface area contributed by atoms with Gasteiger partial charge < -0.3 is 10.1 Å². The van der Waals surface area contributed by atoms with Gasteiger partial charge in [0.2, 0.25) is 0 Å². The quantitative estimate of drug-likeness (QED) is 0.878. The topological polar surface area (TPSA) is 21.3 Å². The first-order valence-electron chi connectivity index (χ1n) is 5.98. The van der Waals surface area contributed by atoms with Crippen molar-refractivity contribution in [2.75, 3.05) is 13.2 Å². The minimum Gasteiger partial charge on any atom is -0.493 e. The highest BCUT2D eigenvalue weighted by atomic mass is 19.1. The highest BCUT2D eigenvalue weighted by Crippen LogP contribution is 2.37. The molecule has 0 spiro atoms. The molecule has 94 valence electrons. The van der Waals surface area contributed by atoms with Crippen LogP contribution in [0.4, 0.5) is 8.78 Å². The Bertz CT molecular complexity index is 409. The third-order valence-corrected chi connectivity index (χ3v) is 3.05. The molecule has 2 atom stereocenters. The number of nitrogens with one attached hydrogen (secondary N) is 1. The fourth-order valence-corrected chi connectivity index (χ4v) is 2.19. The Morgan fingerprint density at radius 3 is 2.88 bits per heavy atom. The van der Waals surface area contributed by atoms with E-state index in [1.165, 1.54) is 6.07 Å². The van der Waals surface area contributed by atoms with Gasteiger partial charge in [0.05, 0.1) is 6.61 Å². The summed E-state index contributed by atoms with van der Waals surface area (Å²) in [5.74, 6) is -0.617. The van der Waals surface area contributed by atoms with Crippen LogP contribution in [-0.4, -0.2) is 13.2 Å². The van der Waals surface area contributed by atoms with E-state index in [4.69, 9.17) is 4.74 Å². The van der Waals surface area contributed by atoms with E-state index in [1.807, 2.05) is 6.92 Å². The number of rotatable bonds is 3. The van der Waals surface area contributed by atoms with Crippen LogP contribution in [0.15, 0.2) is 12.1 Å². The smallest absolute Gasteiger partial charge is 0.134 e. The minimum atomic E-state index is -0.593. The zero-order valence-corrected chi connectivity index (χ0v) is 10.1. The molecule has 2 rings (SSSR count). The van der Waals surface area contributed by atoms with Gasteiger partial charge in [-0.15, -0.1) is 0 Å². The molecule has 0 saturated carbocycles. The highest BCUT2D eigenvalue weighted by Gasteiger charge is 2.30. The molecule has 1 N–H and O–H groups in total. The van der Waals surface area contributed by atoms with E-state index in [-0.39, 0.29) is 12.0 Å². The summed E-state index contributed by atoms with van der Waals surface area (Å²) in [7, 11) is 0. The van der Waals surface area contributed by atoms with Gasteiger partial charge in [0.25, 0.3) is 0 Å². The van der Waals surface area contributed by atoms with Gasteiger partial charge in [-0.3, -0.25) is 0 Å². The fourth-order valence-electron chi connectivity index (χ4n) is 2.19. The Labute approximate surface area is 100.0 Å². The van der Waals surface area contributed by atoms with Crippen LogP contribution in [0.5, 0.6) is 5.75 Å². The van der Waals surface area contributed by atoms with Crippen molar-refractivity contribution in [2.24, 2.45) is 5.92 Å². The van der Waals surface area contributed by atoms with Crippen molar-refractivity contribution in [2.45, 2.75) is 26.3 Å². The summed E-state index contributed by atoms with van der Waals surface area (Å²) in [5.41, 5.74) is 0.457. The van der Waals surface area contributed by atoms with Crippen LogP contribution in [0.2, 0.25) is 0 Å². The molecule has 2 unspecified atom stereocenters. The molecule has 17 heavy (non-hydrogen) atoms. The van der Waals surface area contributed by atoms with Crippen LogP contribution in [0.3, 0.4) is 0 Å². The second-order valence-electron chi connectivity index (χ2n) is 4.52. The standard InChI is InChI=1S/C13H17F2NO/c1-3-4-16-13-8(2)7-17-11-6-9(14)5-10(15)12(11)13/h5-6,8,13,16H,3-4,7H2,1-2H3. The highest BCUT2D eigenvalue weighted by molar-refractivity contribution is 5.39. The van der Waals surface area contributed by atoms with E-state index in [2.05, 4.69) is 12.2 Å². The Kier molecular flexibility index (Phi) is 3.62. The van der Waals surface area contributed by atoms with E-state index < -0.39 is 11.6 Å². The number of ether oxygens (including phenoxy) is 1. The van der Waals surface area contributed by atoms with Crippen molar-refractivity contribution in [3.63, 3.8) is 0 Å². The molecular formula is C13H17F2NO. The van der Waals surface area contributed by atoms with Crippen LogP contribution in [0.25, 0.3) is 0 Å². The Morgan fingerprint density at radius 2 is 2.18 bits per heavy atom. The lowest BCUT2D eigenvalue weighted by molar-refractivity contribution is 0.183. The molecular weight excluding hydrogens is 224 g/mol. The summed E-state index contributed by atoms with van der Waals surface area (Å²) >= 11 is 0. The first kappa shape index (κ1) is 12.3. The van der Waals surface area contributed by atoms with Crippen molar-refractivity contribution in [1.29, 1.82) is 0 Å². The van der Waals surface area contributed by atoms with Crippen LogP contribution < -0.4 is 10.1 Å². The molecule has 1 aromatic carbocycles. The zero-order valence-electron chi connectivity index (χ0n) is 10.1. The molecule has 1 aliphatic heterocycles. The van der Waals surface area contributed by atoms with Gasteiger partial charge in [0, 0.05) is 29.7 Å². The second-order valence-corrected chi connectivity index (χ2v) is 4.52. The molecule has 0 radical (unpaired) electrons. The van der Waals surface area contributed by atoms with Crippen molar-refractivity contribution in [1.82, 2.24) is 5.32 Å². The molecule has 0 saturated heterocycles. The molecule has 1 aliphatic rings. The summed E-state index contributed by atoms with van der Waals surface area (Å²) in [4.78, 5) is 0. The predicted octanol–water partition coefficient (Wildman–Crippen LogP) is 3.03. The van der Waals surface area contributed by atoms with Gasteiger partial charge in [0.15, 0.2) is 0 Å². The first-order chi connectivity index (χ1) is 8.13. The first-order valence-corrected chi connectivity index (χ1v) is 5.98. The number of benzene rings is 1. The van der Waals surface area contributed by atoms with E-state index in [0.29, 0.717) is 17.9 Å². The molecule has 1 heterocycles. The average Bonchev–Trinajstić information content (AvgIpc) is 2.28. The van der Waals surface area contributed by atoms with Gasteiger partial charge >= 0.3 is 0 Å². The predicted molar refractivity (Wildman–Crippen MR) is 62.1 cm³/mol. The fraction of sp³-hybridized carbons (Fsp3) is 0.538. The lowest BCUT2D eigenvalue weighted by Crippen LogP contribution is -2.35. The van der Waals surface area contributed by atoms with E-state index in [1.54, 1.807) is 0 Å². The Balaban J connectivity index is 2.36. The maximum atomic E-state index is 13.8. The van der Waals surface area contributed by atoms with Crippen LogP contribution in [-0.2, 0) is 0 Å². The Hall–Kier alpha value is -1.16. The normalized spacial score (nSPS) is 23.1. The lowest BCUT2D eigenvalue weighted by atomic mass is 9.91. The van der Waals surface area contributed by atoms with Crippen molar-refractivity contribution in [3.8, 4) is 5.75 Å². The molecule has 4 heteroatoms. The van der Waals surface area contributed by atoms with Crippen LogP contribution in [0, 0.1) is 17.6 Å². The van der Waals surface area contributed by atoms with Crippen molar-refractivity contribution < 1.29 is 13.5 Å². The third kappa shape index (κ3) is 2.41. The van der Waals surface area contributed by atoms with Gasteiger partial charge in [-0.2, -0.15) is 0 Å². The number of fused-ring (bicyclic) bond motifs is 1. The molecule has 0 aromatic heterocycles. The van der Waals surface area contributed by atoms with Crippen LogP contribution >= 0.6 is 0 Å². The SMILES string of the molecule is CCCNC1c2c(F)cc(F)cc2OCC1C. The number of hydrogen-bond donors (Lipinski definition) is 1. The molecule has 0 fully saturated rings. The number of hydrogen-bond acceptors (Lipinski definition) is 2. The van der Waals surface area contributed by atoms with Crippen LogP contribution in [0.1, 0.15) is 31.9 Å². The third-order valence-electron chi connectivity index (χ3n) is 3.05. The maximum Gasteiger partial charge on any atom is 0.134 e. The van der Waals surface area contributed by atoms with E-state index in [0.717, 1.165) is 19.0 Å². The van der Waals surface area contributed by atoms with Gasteiger partial charge in [0.1, 0.15) is 17.4 Å². The Morgan fingerprint density at radius 1 is 1.41 bits per heavy atom. The van der Waals surface area contributed by atoms with E-state index >= 15 is 0 Å². The summed E-state index contributed by atoms with van der Waals surface area (Å²) in [6, 6.07) is 2.07. The summed E-state index contributed by atoms with van der Waals surface area (Å²) in [6.07, 6.45) is 0.974. The summed E-state index contributed by atoms with van der Waals surface area (Å²) in [5, 5.41) is 3.30. The van der Waals surface area contributed by atoms with Gasteiger partial charge in [-0.05, 0) is 13.0 Å². The average molecular weight is 241 g/mol. The molecule has 0 amide bonds. The zero-order chi connectivity index (χ0) is 12.4. The largest absolute Gasteiger partial charge is 0.493 e. The monoisotopic (exact) mass is 241 g/mol. The lowest BCUT2D eigenvalue weighted by Gasteiger charge is -2.32. The van der Waals surface area contributed by atoms with Gasteiger partial charge in [-0.25, -0.2) is 8.78 Å². The molecule has 1 aromatic rings. The van der Waals surface area contributed by atoms with Gasteiger partial charge in [-0.1, -0.05) is 13.8 Å². The minimum absolute atomic E-state index is 0.0979. The molecule has 0 bridgehead atoms. The van der Waals surface area contributed by atoms with Crippen molar-refractivity contribution in [3.05, 3.63) is 29.3 Å². The number of halogens is 2. The molecule has 0 aliphatic carbocycles. The van der Waals surface area contributed by atoms with Crippen molar-refractivity contribution >= 4 is 0 Å². The second kappa shape index (κ2) is 5.00. The summed E-state index contributed by atoms with van der Waals surface area (Å²) < 4.78 is 32.3.